The van der Waals surface area contributed by atoms with E-state index >= 15 is 0 Å². The molecule has 0 aromatic heterocycles. The van der Waals surface area contributed by atoms with Crippen molar-refractivity contribution >= 4 is 47.2 Å². The fourth-order valence-electron chi connectivity index (χ4n) is 0.519. The van der Waals surface area contributed by atoms with Crippen LogP contribution in [0.15, 0.2) is 12.2 Å². The molecule has 0 saturated heterocycles. The topological polar surface area (TPSA) is 66.4 Å². The van der Waals surface area contributed by atoms with Crippen molar-refractivity contribution in [3.63, 3.8) is 0 Å². The normalized spacial score (nSPS) is 13.2. The number of hydrogen-bond acceptors (Lipinski definition) is 4. The molecule has 0 N–H and O–H groups in total. The molecular weight excluding hydrogens is 242 g/mol. The highest BCUT2D eigenvalue weighted by Gasteiger charge is 2.36. The summed E-state index contributed by atoms with van der Waals surface area (Å²) >= 11 is 15.9. The highest BCUT2D eigenvalue weighted by molar-refractivity contribution is 6.68. The molecule has 0 aliphatic rings. The molecule has 0 aromatic rings. The quantitative estimate of drug-likeness (QED) is 0.404. The highest BCUT2D eigenvalue weighted by Crippen LogP contribution is 2.35. The third-order valence-corrected chi connectivity index (χ3v) is 1.66. The molecule has 0 aromatic carbocycles. The highest BCUT2D eigenvalue weighted by atomic mass is 35.6. The Hall–Kier alpha value is -0.450. The standard InChI is InChI=1S/C6H5Cl3O4/c1-3(5(11)12)4(13-2-10)6(7,8)9/h2,4H,1H2,(H,11,12)/p-1. The molecule has 0 spiro atoms. The van der Waals surface area contributed by atoms with E-state index in [0.29, 0.717) is 0 Å². The van der Waals surface area contributed by atoms with Gasteiger partial charge in [0.1, 0.15) is 0 Å². The molecule has 0 bridgehead atoms. The monoisotopic (exact) mass is 245 g/mol. The summed E-state index contributed by atoms with van der Waals surface area (Å²) in [4.78, 5) is 20.2. The summed E-state index contributed by atoms with van der Waals surface area (Å²) in [5, 5.41) is 10.3. The second-order valence-electron chi connectivity index (χ2n) is 1.97. The van der Waals surface area contributed by atoms with Gasteiger partial charge in [-0.3, -0.25) is 4.79 Å². The van der Waals surface area contributed by atoms with Crippen molar-refractivity contribution < 1.29 is 19.4 Å². The number of carbonyl (C=O) groups excluding carboxylic acids is 2. The first-order valence-corrected chi connectivity index (χ1v) is 4.00. The molecule has 4 nitrogen and oxygen atoms in total. The molecule has 0 saturated carbocycles. The van der Waals surface area contributed by atoms with Crippen molar-refractivity contribution in [1.82, 2.24) is 0 Å². The molecule has 0 fully saturated rings. The Labute approximate surface area is 89.0 Å². The summed E-state index contributed by atoms with van der Waals surface area (Å²) in [6, 6.07) is 0. The van der Waals surface area contributed by atoms with E-state index in [-0.39, 0.29) is 6.47 Å². The van der Waals surface area contributed by atoms with Crippen LogP contribution in [0.5, 0.6) is 0 Å². The Balaban J connectivity index is 4.71. The molecule has 74 valence electrons. The molecule has 0 amide bonds. The molecule has 0 aliphatic carbocycles. The second-order valence-corrected chi connectivity index (χ2v) is 4.34. The van der Waals surface area contributed by atoms with E-state index in [9.17, 15) is 14.7 Å². The molecule has 13 heavy (non-hydrogen) atoms. The van der Waals surface area contributed by atoms with Gasteiger partial charge in [-0.05, 0) is 0 Å². The molecule has 0 radical (unpaired) electrons. The maximum absolute atomic E-state index is 10.3. The van der Waals surface area contributed by atoms with Gasteiger partial charge in [0, 0.05) is 5.57 Å². The second kappa shape index (κ2) is 4.69. The molecule has 0 heterocycles. The van der Waals surface area contributed by atoms with Gasteiger partial charge in [-0.2, -0.15) is 0 Å². The molecule has 7 heteroatoms. The lowest BCUT2D eigenvalue weighted by Crippen LogP contribution is -2.38. The zero-order valence-electron chi connectivity index (χ0n) is 6.13. The Morgan fingerprint density at radius 3 is 2.23 bits per heavy atom. The SMILES string of the molecule is C=C(C(=O)[O-])C(OC=O)C(Cl)(Cl)Cl. The summed E-state index contributed by atoms with van der Waals surface area (Å²) in [7, 11) is 0. The van der Waals surface area contributed by atoms with E-state index in [2.05, 4.69) is 11.3 Å². The first-order valence-electron chi connectivity index (χ1n) is 2.86. The number of ether oxygens (including phenoxy) is 1. The van der Waals surface area contributed by atoms with Crippen molar-refractivity contribution in [2.75, 3.05) is 0 Å². The maximum atomic E-state index is 10.3. The van der Waals surface area contributed by atoms with Gasteiger partial charge in [0.25, 0.3) is 6.47 Å². The molecule has 0 rings (SSSR count). The van der Waals surface area contributed by atoms with Crippen LogP contribution in [0.2, 0.25) is 0 Å². The summed E-state index contributed by atoms with van der Waals surface area (Å²) < 4.78 is 2.15. The van der Waals surface area contributed by atoms with Crippen molar-refractivity contribution in [3.8, 4) is 0 Å². The predicted molar refractivity (Wildman–Crippen MR) is 45.4 cm³/mol. The van der Waals surface area contributed by atoms with Gasteiger partial charge >= 0.3 is 0 Å². The van der Waals surface area contributed by atoms with E-state index in [1.165, 1.54) is 0 Å². The molecule has 1 atom stereocenters. The van der Waals surface area contributed by atoms with Crippen LogP contribution in [0, 0.1) is 0 Å². The number of hydrogen-bond donors (Lipinski definition) is 0. The first kappa shape index (κ1) is 12.6. The van der Waals surface area contributed by atoms with Crippen molar-refractivity contribution in [3.05, 3.63) is 12.2 Å². The van der Waals surface area contributed by atoms with Crippen LogP contribution in [0.1, 0.15) is 0 Å². The minimum atomic E-state index is -2.09. The molecule has 1 unspecified atom stereocenters. The minimum absolute atomic E-state index is 0.0410. The summed E-state index contributed by atoms with van der Waals surface area (Å²) in [5.74, 6) is -1.65. The fraction of sp³-hybridized carbons (Fsp3) is 0.333. The van der Waals surface area contributed by atoms with Gasteiger partial charge in [-0.1, -0.05) is 41.4 Å². The van der Waals surface area contributed by atoms with Crippen LogP contribution in [-0.4, -0.2) is 22.3 Å². The van der Waals surface area contributed by atoms with E-state index in [4.69, 9.17) is 34.8 Å². The predicted octanol–water partition coefficient (Wildman–Crippen LogP) is 0.204. The summed E-state index contributed by atoms with van der Waals surface area (Å²) in [6.45, 7) is 3.00. The van der Waals surface area contributed by atoms with Gasteiger partial charge in [0.05, 0.1) is 5.97 Å². The Morgan fingerprint density at radius 2 is 2.00 bits per heavy atom. The number of carboxylic acid groups (broad SMARTS) is 1. The van der Waals surface area contributed by atoms with E-state index in [0.717, 1.165) is 0 Å². The number of carboxylic acids is 1. The number of alkyl halides is 3. The van der Waals surface area contributed by atoms with Crippen LogP contribution in [0.25, 0.3) is 0 Å². The zero-order chi connectivity index (χ0) is 10.6. The van der Waals surface area contributed by atoms with Crippen LogP contribution in [0.3, 0.4) is 0 Å². The van der Waals surface area contributed by atoms with Crippen LogP contribution in [-0.2, 0) is 14.3 Å². The molecular formula is C6H4Cl3O4-. The van der Waals surface area contributed by atoms with E-state index in [1.54, 1.807) is 0 Å². The van der Waals surface area contributed by atoms with Gasteiger partial charge in [-0.15, -0.1) is 0 Å². The zero-order valence-corrected chi connectivity index (χ0v) is 8.40. The third kappa shape index (κ3) is 3.85. The number of aliphatic carboxylic acids is 1. The minimum Gasteiger partial charge on any atom is -0.545 e. The third-order valence-electron chi connectivity index (χ3n) is 1.07. The number of rotatable bonds is 4. The van der Waals surface area contributed by atoms with Crippen molar-refractivity contribution in [2.24, 2.45) is 0 Å². The maximum Gasteiger partial charge on any atom is 0.293 e. The van der Waals surface area contributed by atoms with Gasteiger partial charge in [-0.25, -0.2) is 0 Å². The average molecular weight is 246 g/mol. The van der Waals surface area contributed by atoms with E-state index < -0.39 is 21.4 Å². The Morgan fingerprint density at radius 1 is 1.54 bits per heavy atom. The summed E-state index contributed by atoms with van der Waals surface area (Å²) in [5.41, 5.74) is -0.618. The van der Waals surface area contributed by atoms with Gasteiger partial charge in [0.15, 0.2) is 6.10 Å². The first-order chi connectivity index (χ1) is 5.80. The lowest BCUT2D eigenvalue weighted by molar-refractivity contribution is -0.300. The van der Waals surface area contributed by atoms with Crippen LogP contribution in [0.4, 0.5) is 0 Å². The number of halogens is 3. The molecule has 0 aliphatic heterocycles. The lowest BCUT2D eigenvalue weighted by Gasteiger charge is -2.24. The smallest absolute Gasteiger partial charge is 0.293 e. The fourth-order valence-corrected chi connectivity index (χ4v) is 1.07. The van der Waals surface area contributed by atoms with Crippen LogP contribution >= 0.6 is 34.8 Å². The number of carbonyl (C=O) groups is 2. The van der Waals surface area contributed by atoms with Crippen LogP contribution < -0.4 is 5.11 Å². The van der Waals surface area contributed by atoms with Crippen molar-refractivity contribution in [2.45, 2.75) is 9.90 Å². The van der Waals surface area contributed by atoms with Gasteiger partial charge in [0.2, 0.25) is 3.79 Å². The Kier molecular flexibility index (Phi) is 4.53. The summed E-state index contributed by atoms with van der Waals surface area (Å²) in [6.07, 6.45) is -1.56. The average Bonchev–Trinajstić information content (AvgIpc) is 1.96. The Bertz CT molecular complexity index is 233. The van der Waals surface area contributed by atoms with E-state index in [1.807, 2.05) is 0 Å². The van der Waals surface area contributed by atoms with Crippen molar-refractivity contribution in [1.29, 1.82) is 0 Å². The largest absolute Gasteiger partial charge is 0.545 e. The lowest BCUT2D eigenvalue weighted by atomic mass is 10.2. The van der Waals surface area contributed by atoms with Gasteiger partial charge < -0.3 is 14.6 Å².